The average Bonchev–Trinajstić information content (AvgIpc) is 3.35. The number of aryl methyl sites for hydroxylation is 1. The molecule has 7 nitrogen and oxygen atoms in total. The second-order valence-electron chi connectivity index (χ2n) is 10.9. The number of amides is 1. The Hall–Kier alpha value is -3.69. The van der Waals surface area contributed by atoms with Crippen molar-refractivity contribution in [3.8, 4) is 0 Å². The van der Waals surface area contributed by atoms with Crippen LogP contribution in [0.2, 0.25) is 10.0 Å². The molecule has 0 atom stereocenters. The topological polar surface area (TPSA) is 98.3 Å². The zero-order chi connectivity index (χ0) is 30.3. The molecular weight excluding hydrogens is 603 g/mol. The molecule has 1 aliphatic heterocycles. The van der Waals surface area contributed by atoms with Gasteiger partial charge in [0.1, 0.15) is 0 Å². The van der Waals surface area contributed by atoms with Gasteiger partial charge in [-0.3, -0.25) is 9.48 Å². The van der Waals surface area contributed by atoms with E-state index in [-0.39, 0.29) is 22.3 Å². The van der Waals surface area contributed by atoms with Crippen LogP contribution in [0.1, 0.15) is 57.4 Å². The first-order valence-electron chi connectivity index (χ1n) is 14.0. The maximum atomic E-state index is 13.3. The first-order chi connectivity index (χ1) is 20.6. The Balaban J connectivity index is 1.30. The van der Waals surface area contributed by atoms with Crippen LogP contribution in [0.15, 0.2) is 95.9 Å². The van der Waals surface area contributed by atoms with Crippen molar-refractivity contribution in [1.29, 1.82) is 0 Å². The Bertz CT molecular complexity index is 1850. The highest BCUT2D eigenvalue weighted by Gasteiger charge is 2.32. The Labute approximate surface area is 260 Å². The summed E-state index contributed by atoms with van der Waals surface area (Å²) in [6.45, 7) is 0.751. The number of halogens is 2. The molecule has 0 aliphatic carbocycles. The molecule has 0 spiro atoms. The van der Waals surface area contributed by atoms with Crippen LogP contribution in [0.5, 0.6) is 0 Å². The maximum absolute atomic E-state index is 13.3. The number of piperidine rings is 1. The van der Waals surface area contributed by atoms with E-state index in [1.54, 1.807) is 0 Å². The molecule has 2 N–H and O–H groups in total. The molecule has 1 fully saturated rings. The van der Waals surface area contributed by atoms with Crippen LogP contribution < -0.4 is 5.73 Å². The lowest BCUT2D eigenvalue weighted by Gasteiger charge is -2.30. The minimum Gasteiger partial charge on any atom is -0.366 e. The number of hydrogen-bond donors (Lipinski definition) is 1. The monoisotopic (exact) mass is 632 g/mol. The predicted octanol–water partition coefficient (Wildman–Crippen LogP) is 6.73. The molecule has 220 valence electrons. The maximum Gasteiger partial charge on any atom is 0.248 e. The first kappa shape index (κ1) is 29.4. The molecule has 4 aromatic carbocycles. The van der Waals surface area contributed by atoms with Crippen molar-refractivity contribution >= 4 is 50.0 Å². The zero-order valence-electron chi connectivity index (χ0n) is 23.5. The number of aromatic nitrogens is 2. The fourth-order valence-corrected chi connectivity index (χ4v) is 7.71. The minimum atomic E-state index is -3.70. The van der Waals surface area contributed by atoms with Crippen molar-refractivity contribution < 1.29 is 13.2 Å². The van der Waals surface area contributed by atoms with Crippen LogP contribution in [0.4, 0.5) is 0 Å². The average molecular weight is 634 g/mol. The van der Waals surface area contributed by atoms with Gasteiger partial charge >= 0.3 is 0 Å². The minimum absolute atomic E-state index is 0.0417. The number of hydrogen-bond acceptors (Lipinski definition) is 4. The van der Waals surface area contributed by atoms with Crippen molar-refractivity contribution in [3.63, 3.8) is 0 Å². The largest absolute Gasteiger partial charge is 0.366 e. The lowest BCUT2D eigenvalue weighted by atomic mass is 9.84. The number of nitrogens with two attached hydrogens (primary N) is 1. The van der Waals surface area contributed by atoms with Gasteiger partial charge in [-0.15, -0.1) is 0 Å². The smallest absolute Gasteiger partial charge is 0.248 e. The van der Waals surface area contributed by atoms with Gasteiger partial charge in [0.15, 0.2) is 0 Å². The third-order valence-corrected chi connectivity index (χ3v) is 10.7. The van der Waals surface area contributed by atoms with Crippen molar-refractivity contribution in [3.05, 3.63) is 129 Å². The highest BCUT2D eigenvalue weighted by molar-refractivity contribution is 7.89. The summed E-state index contributed by atoms with van der Waals surface area (Å²) in [6.07, 6.45) is 1.29. The van der Waals surface area contributed by atoms with Crippen LogP contribution in [-0.2, 0) is 17.1 Å². The van der Waals surface area contributed by atoms with Gasteiger partial charge < -0.3 is 5.73 Å². The number of carbonyl (C=O) groups is 1. The molecular formula is C33H30Cl2N4O3S. The molecule has 6 rings (SSSR count). The molecule has 1 amide bonds. The normalized spacial score (nSPS) is 14.9. The summed E-state index contributed by atoms with van der Waals surface area (Å²) >= 11 is 12.4. The third kappa shape index (κ3) is 5.80. The van der Waals surface area contributed by atoms with E-state index in [9.17, 15) is 13.2 Å². The number of sulfonamides is 1. The van der Waals surface area contributed by atoms with Crippen LogP contribution in [0.3, 0.4) is 0 Å². The summed E-state index contributed by atoms with van der Waals surface area (Å²) < 4.78 is 30.1. The molecule has 1 saturated heterocycles. The summed E-state index contributed by atoms with van der Waals surface area (Å²) in [5.74, 6) is -0.532. The van der Waals surface area contributed by atoms with Gasteiger partial charge in [-0.1, -0.05) is 53.5 Å². The van der Waals surface area contributed by atoms with E-state index >= 15 is 0 Å². The number of benzene rings is 4. The molecule has 5 aromatic rings. The van der Waals surface area contributed by atoms with E-state index in [1.807, 2.05) is 60.3 Å². The first-order valence-corrected chi connectivity index (χ1v) is 16.2. The fraction of sp³-hybridized carbons (Fsp3) is 0.212. The lowest BCUT2D eigenvalue weighted by Crippen LogP contribution is -2.38. The Morgan fingerprint density at radius 2 is 1.37 bits per heavy atom. The Morgan fingerprint density at radius 1 is 0.837 bits per heavy atom. The summed E-state index contributed by atoms with van der Waals surface area (Å²) in [6, 6.07) is 28.0. The molecule has 10 heteroatoms. The highest BCUT2D eigenvalue weighted by Crippen LogP contribution is 2.38. The Kier molecular flexibility index (Phi) is 8.04. The molecule has 1 aromatic heterocycles. The van der Waals surface area contributed by atoms with Crippen LogP contribution in [-0.4, -0.2) is 41.5 Å². The van der Waals surface area contributed by atoms with Crippen molar-refractivity contribution in [2.45, 2.75) is 29.6 Å². The van der Waals surface area contributed by atoms with Gasteiger partial charge in [-0.25, -0.2) is 8.42 Å². The van der Waals surface area contributed by atoms with Crippen LogP contribution in [0.25, 0.3) is 10.9 Å². The van der Waals surface area contributed by atoms with Gasteiger partial charge in [-0.05, 0) is 90.2 Å². The zero-order valence-corrected chi connectivity index (χ0v) is 25.8. The number of primary amides is 1. The van der Waals surface area contributed by atoms with Gasteiger partial charge in [0.05, 0.1) is 16.1 Å². The Morgan fingerprint density at radius 3 is 1.91 bits per heavy atom. The molecule has 0 unspecified atom stereocenters. The molecule has 0 bridgehead atoms. The van der Waals surface area contributed by atoms with Crippen molar-refractivity contribution in [1.82, 2.24) is 14.1 Å². The molecule has 2 heterocycles. The molecule has 43 heavy (non-hydrogen) atoms. The van der Waals surface area contributed by atoms with E-state index in [0.717, 1.165) is 33.3 Å². The second-order valence-corrected chi connectivity index (χ2v) is 13.7. The van der Waals surface area contributed by atoms with Crippen molar-refractivity contribution in [2.24, 2.45) is 12.8 Å². The molecule has 0 saturated carbocycles. The molecule has 0 radical (unpaired) electrons. The third-order valence-electron chi connectivity index (χ3n) is 8.26. The summed E-state index contributed by atoms with van der Waals surface area (Å²) in [4.78, 5) is 11.6. The fourth-order valence-electron chi connectivity index (χ4n) is 5.99. The van der Waals surface area contributed by atoms with Crippen LogP contribution >= 0.6 is 23.2 Å². The van der Waals surface area contributed by atoms with Crippen molar-refractivity contribution in [2.75, 3.05) is 13.1 Å². The van der Waals surface area contributed by atoms with E-state index in [2.05, 4.69) is 18.2 Å². The lowest BCUT2D eigenvalue weighted by molar-refractivity contribution is 0.1000. The van der Waals surface area contributed by atoms with E-state index in [0.29, 0.717) is 36.0 Å². The predicted molar refractivity (Wildman–Crippen MR) is 170 cm³/mol. The number of fused-ring (bicyclic) bond motifs is 1. The van der Waals surface area contributed by atoms with E-state index < -0.39 is 15.9 Å². The van der Waals surface area contributed by atoms with Gasteiger partial charge in [0, 0.05) is 53.0 Å². The quantitative estimate of drug-likeness (QED) is 0.201. The summed E-state index contributed by atoms with van der Waals surface area (Å²) in [5, 5.41) is 7.35. The number of nitrogens with zero attached hydrogens (tertiary/aromatic N) is 3. The standard InChI is InChI=1S/C33H30Cl2N4O3S/c1-38-30-15-8-25(31(21-2-9-26(34)10-3-21)22-4-11-27(35)12-5-22)20-29(30)32(37-38)23-16-18-39(19-17-23)43(41,42)28-13-6-24(7-14-28)33(36)40/h2-15,20,23,31H,16-19H2,1H3,(H2,36,40). The summed E-state index contributed by atoms with van der Waals surface area (Å²) in [7, 11) is -1.75. The van der Waals surface area contributed by atoms with E-state index in [4.69, 9.17) is 34.0 Å². The molecule has 1 aliphatic rings. The number of rotatable bonds is 7. The SMILES string of the molecule is Cn1nc(C2CCN(S(=O)(=O)c3ccc(C(N)=O)cc3)CC2)c2cc(C(c3ccc(Cl)cc3)c3ccc(Cl)cc3)ccc21. The van der Waals surface area contributed by atoms with Gasteiger partial charge in [0.25, 0.3) is 0 Å². The second kappa shape index (κ2) is 11.8. The highest BCUT2D eigenvalue weighted by atomic mass is 35.5. The number of carbonyl (C=O) groups excluding carboxylic acids is 1. The van der Waals surface area contributed by atoms with Gasteiger partial charge in [-0.2, -0.15) is 9.40 Å². The van der Waals surface area contributed by atoms with Crippen LogP contribution in [0, 0.1) is 0 Å². The summed E-state index contributed by atoms with van der Waals surface area (Å²) in [5.41, 5.74) is 10.9. The van der Waals surface area contributed by atoms with Gasteiger partial charge in [0.2, 0.25) is 15.9 Å². The van der Waals surface area contributed by atoms with E-state index in [1.165, 1.54) is 28.6 Å².